The van der Waals surface area contributed by atoms with Crippen LogP contribution in [0.3, 0.4) is 0 Å². The Morgan fingerprint density at radius 2 is 2.15 bits per heavy atom. The van der Waals surface area contributed by atoms with Crippen LogP contribution in [0.15, 0.2) is 58.4 Å². The second-order valence-electron chi connectivity index (χ2n) is 5.34. The molecular formula is C17H19NOS. The van der Waals surface area contributed by atoms with Gasteiger partial charge in [0.05, 0.1) is 0 Å². The third-order valence-corrected chi connectivity index (χ3v) is 5.14. The van der Waals surface area contributed by atoms with Crippen LogP contribution in [0.25, 0.3) is 0 Å². The molecule has 0 saturated carbocycles. The molecule has 1 aliphatic carbocycles. The smallest absolute Gasteiger partial charge is 0.251 e. The average molecular weight is 285 g/mol. The van der Waals surface area contributed by atoms with Gasteiger partial charge in [-0.05, 0) is 36.3 Å². The van der Waals surface area contributed by atoms with Gasteiger partial charge in [0.15, 0.2) is 0 Å². The first kappa shape index (κ1) is 13.5. The second-order valence-corrected chi connectivity index (χ2v) is 6.51. The van der Waals surface area contributed by atoms with Gasteiger partial charge >= 0.3 is 0 Å². The zero-order valence-corrected chi connectivity index (χ0v) is 12.4. The molecule has 1 fully saturated rings. The van der Waals surface area contributed by atoms with Crippen molar-refractivity contribution in [3.63, 3.8) is 0 Å². The molecule has 0 unspecified atom stereocenters. The van der Waals surface area contributed by atoms with Gasteiger partial charge in [0.25, 0.3) is 5.91 Å². The van der Waals surface area contributed by atoms with E-state index in [-0.39, 0.29) is 5.91 Å². The molecule has 1 atom stereocenters. The molecular weight excluding hydrogens is 266 g/mol. The summed E-state index contributed by atoms with van der Waals surface area (Å²) in [7, 11) is 0. The molecule has 20 heavy (non-hydrogen) atoms. The summed E-state index contributed by atoms with van der Waals surface area (Å²) in [4.78, 5) is 17.0. The fourth-order valence-corrected chi connectivity index (χ4v) is 4.25. The third kappa shape index (κ3) is 2.55. The SMILES string of the molecule is C=CCN1C[C@@H]2CCCC(Sc3ccccc3)=C2C1=O. The lowest BCUT2D eigenvalue weighted by atomic mass is 9.90. The molecule has 1 aliphatic heterocycles. The summed E-state index contributed by atoms with van der Waals surface area (Å²) in [6, 6.07) is 10.4. The van der Waals surface area contributed by atoms with Crippen LogP contribution in [0.4, 0.5) is 0 Å². The molecule has 1 amide bonds. The van der Waals surface area contributed by atoms with E-state index in [4.69, 9.17) is 0 Å². The van der Waals surface area contributed by atoms with Crippen molar-refractivity contribution < 1.29 is 4.79 Å². The number of allylic oxidation sites excluding steroid dienone is 1. The largest absolute Gasteiger partial charge is 0.335 e. The fourth-order valence-electron chi connectivity index (χ4n) is 3.06. The number of benzene rings is 1. The van der Waals surface area contributed by atoms with Crippen molar-refractivity contribution in [2.75, 3.05) is 13.1 Å². The maximum Gasteiger partial charge on any atom is 0.251 e. The molecule has 0 spiro atoms. The van der Waals surface area contributed by atoms with Gasteiger partial charge in [-0.1, -0.05) is 36.0 Å². The lowest BCUT2D eigenvalue weighted by molar-refractivity contribution is -0.124. The number of rotatable bonds is 4. The van der Waals surface area contributed by atoms with Crippen molar-refractivity contribution >= 4 is 17.7 Å². The van der Waals surface area contributed by atoms with Crippen molar-refractivity contribution in [2.45, 2.75) is 24.2 Å². The molecule has 0 bridgehead atoms. The van der Waals surface area contributed by atoms with E-state index in [1.54, 1.807) is 11.8 Å². The van der Waals surface area contributed by atoms with Gasteiger partial charge in [-0.25, -0.2) is 0 Å². The van der Waals surface area contributed by atoms with Crippen molar-refractivity contribution in [3.8, 4) is 0 Å². The number of hydrogen-bond acceptors (Lipinski definition) is 2. The van der Waals surface area contributed by atoms with Gasteiger partial charge in [-0.15, -0.1) is 6.58 Å². The monoisotopic (exact) mass is 285 g/mol. The van der Waals surface area contributed by atoms with Crippen LogP contribution in [-0.4, -0.2) is 23.9 Å². The normalized spacial score (nSPS) is 22.1. The lowest BCUT2D eigenvalue weighted by Crippen LogP contribution is -2.25. The van der Waals surface area contributed by atoms with Crippen LogP contribution >= 0.6 is 11.8 Å². The number of likely N-dealkylation sites (tertiary alicyclic amines) is 1. The highest BCUT2D eigenvalue weighted by Gasteiger charge is 2.38. The first-order valence-corrected chi connectivity index (χ1v) is 7.97. The Hall–Kier alpha value is -1.48. The van der Waals surface area contributed by atoms with Crippen LogP contribution in [-0.2, 0) is 4.79 Å². The Morgan fingerprint density at radius 3 is 2.90 bits per heavy atom. The molecule has 0 N–H and O–H groups in total. The summed E-state index contributed by atoms with van der Waals surface area (Å²) in [6.07, 6.45) is 5.20. The zero-order chi connectivity index (χ0) is 13.9. The first-order chi connectivity index (χ1) is 9.79. The molecule has 1 aromatic rings. The predicted octanol–water partition coefficient (Wildman–Crippen LogP) is 3.86. The molecule has 3 heteroatoms. The molecule has 104 valence electrons. The summed E-state index contributed by atoms with van der Waals surface area (Å²) in [5, 5.41) is 0. The highest BCUT2D eigenvalue weighted by molar-refractivity contribution is 8.03. The van der Waals surface area contributed by atoms with Gasteiger partial charge < -0.3 is 4.90 Å². The number of nitrogens with zero attached hydrogens (tertiary/aromatic N) is 1. The van der Waals surface area contributed by atoms with Crippen LogP contribution in [0.2, 0.25) is 0 Å². The molecule has 2 nitrogen and oxygen atoms in total. The minimum Gasteiger partial charge on any atom is -0.335 e. The molecule has 2 aliphatic rings. The number of carbonyl (C=O) groups excluding carboxylic acids is 1. The average Bonchev–Trinajstić information content (AvgIpc) is 2.78. The third-order valence-electron chi connectivity index (χ3n) is 3.96. The summed E-state index contributed by atoms with van der Waals surface area (Å²) in [6.45, 7) is 5.29. The van der Waals surface area contributed by atoms with E-state index in [0.29, 0.717) is 12.5 Å². The minimum atomic E-state index is 0.230. The Bertz CT molecular complexity index is 549. The Kier molecular flexibility index (Phi) is 3.97. The van der Waals surface area contributed by atoms with Gasteiger partial charge in [0.1, 0.15) is 0 Å². The van der Waals surface area contributed by atoms with Gasteiger partial charge in [0.2, 0.25) is 0 Å². The number of thioether (sulfide) groups is 1. The van der Waals surface area contributed by atoms with E-state index in [1.807, 2.05) is 29.2 Å². The topological polar surface area (TPSA) is 20.3 Å². The first-order valence-electron chi connectivity index (χ1n) is 7.15. The van der Waals surface area contributed by atoms with Crippen molar-refractivity contribution in [3.05, 3.63) is 53.5 Å². The van der Waals surface area contributed by atoms with E-state index < -0.39 is 0 Å². The Morgan fingerprint density at radius 1 is 1.35 bits per heavy atom. The number of carbonyl (C=O) groups is 1. The minimum absolute atomic E-state index is 0.230. The highest BCUT2D eigenvalue weighted by atomic mass is 32.2. The van der Waals surface area contributed by atoms with Crippen LogP contribution < -0.4 is 0 Å². The molecule has 0 radical (unpaired) electrons. The molecule has 0 aromatic heterocycles. The van der Waals surface area contributed by atoms with E-state index >= 15 is 0 Å². The quantitative estimate of drug-likeness (QED) is 0.783. The van der Waals surface area contributed by atoms with Crippen molar-refractivity contribution in [1.82, 2.24) is 4.90 Å². The summed E-state index contributed by atoms with van der Waals surface area (Å²) < 4.78 is 0. The second kappa shape index (κ2) is 5.88. The number of amides is 1. The Balaban J connectivity index is 1.88. The van der Waals surface area contributed by atoms with Crippen molar-refractivity contribution in [1.29, 1.82) is 0 Å². The van der Waals surface area contributed by atoms with E-state index in [2.05, 4.69) is 18.7 Å². The molecule has 1 heterocycles. The standard InChI is InChI=1S/C17H19NOS/c1-2-11-18-12-13-7-6-10-15(16(13)17(18)19)20-14-8-4-3-5-9-14/h2-5,8-9,13H,1,6-7,10-12H2/t13-/m0/s1. The maximum atomic E-state index is 12.5. The summed E-state index contributed by atoms with van der Waals surface area (Å²) in [5.74, 6) is 0.662. The van der Waals surface area contributed by atoms with Crippen LogP contribution in [0.5, 0.6) is 0 Å². The maximum absolute atomic E-state index is 12.5. The van der Waals surface area contributed by atoms with Gasteiger partial charge in [0, 0.05) is 29.5 Å². The number of fused-ring (bicyclic) bond motifs is 1. The molecule has 3 rings (SSSR count). The number of hydrogen-bond donors (Lipinski definition) is 0. The van der Waals surface area contributed by atoms with Crippen LogP contribution in [0, 0.1) is 5.92 Å². The highest BCUT2D eigenvalue weighted by Crippen LogP contribution is 2.43. The summed E-state index contributed by atoms with van der Waals surface area (Å²) in [5.41, 5.74) is 1.08. The summed E-state index contributed by atoms with van der Waals surface area (Å²) >= 11 is 1.77. The van der Waals surface area contributed by atoms with Gasteiger partial charge in [-0.2, -0.15) is 0 Å². The predicted molar refractivity (Wildman–Crippen MR) is 83.4 cm³/mol. The molecule has 1 saturated heterocycles. The van der Waals surface area contributed by atoms with Crippen LogP contribution in [0.1, 0.15) is 19.3 Å². The van der Waals surface area contributed by atoms with E-state index in [9.17, 15) is 4.79 Å². The van der Waals surface area contributed by atoms with Crippen molar-refractivity contribution in [2.24, 2.45) is 5.92 Å². The lowest BCUT2D eigenvalue weighted by Gasteiger charge is -2.20. The Labute approximate surface area is 124 Å². The zero-order valence-electron chi connectivity index (χ0n) is 11.5. The van der Waals surface area contributed by atoms with Gasteiger partial charge in [-0.3, -0.25) is 4.79 Å². The van der Waals surface area contributed by atoms with E-state index in [1.165, 1.54) is 16.2 Å². The fraction of sp³-hybridized carbons (Fsp3) is 0.353. The van der Waals surface area contributed by atoms with E-state index in [0.717, 1.165) is 25.0 Å². The molecule has 1 aromatic carbocycles.